The zero-order valence-corrected chi connectivity index (χ0v) is 14.3. The second kappa shape index (κ2) is 7.37. The number of nitrogens with two attached hydrogens (primary N) is 1. The quantitative estimate of drug-likeness (QED) is 0.679. The van der Waals surface area contributed by atoms with Gasteiger partial charge in [-0.2, -0.15) is 0 Å². The summed E-state index contributed by atoms with van der Waals surface area (Å²) in [6, 6.07) is 4.17. The number of hydrogen-bond acceptors (Lipinski definition) is 7. The summed E-state index contributed by atoms with van der Waals surface area (Å²) in [7, 11) is 0. The third-order valence-electron chi connectivity index (χ3n) is 3.39. The van der Waals surface area contributed by atoms with Crippen molar-refractivity contribution in [2.75, 3.05) is 18.9 Å². The number of aliphatic hydroxyl groups excluding tert-OH is 1. The Morgan fingerprint density at radius 3 is 3.04 bits per heavy atom. The first-order valence-corrected chi connectivity index (χ1v) is 8.99. The Hall–Kier alpha value is -1.84. The first-order chi connectivity index (χ1) is 11.6. The first-order valence-electron chi connectivity index (χ1n) is 7.23. The van der Waals surface area contributed by atoms with Crippen LogP contribution in [0.5, 0.6) is 0 Å². The number of rotatable bonds is 6. The molecule has 0 saturated carbocycles. The second-order valence-corrected chi connectivity index (χ2v) is 7.21. The minimum atomic E-state index is -0.842. The molecule has 0 radical (unpaired) electrons. The van der Waals surface area contributed by atoms with Gasteiger partial charge in [-0.25, -0.2) is 13.8 Å². The van der Waals surface area contributed by atoms with E-state index in [9.17, 15) is 8.78 Å². The van der Waals surface area contributed by atoms with E-state index < -0.39 is 11.6 Å². The standard InChI is InChI=1S/C15H16F2N4OS2/c16-10-3-1-2-9(13(10)17)8-23-21-6-11(19-4-5-22)14-12(7-21)24-15(18)20-14/h1-3,6,19,22H,4-5,7-8H2,(H2,18,20). The van der Waals surface area contributed by atoms with E-state index in [1.54, 1.807) is 6.07 Å². The zero-order valence-electron chi connectivity index (χ0n) is 12.6. The lowest BCUT2D eigenvalue weighted by Crippen LogP contribution is -2.24. The third-order valence-corrected chi connectivity index (χ3v) is 5.26. The number of halogens is 2. The van der Waals surface area contributed by atoms with Gasteiger partial charge in [0, 0.05) is 24.1 Å². The van der Waals surface area contributed by atoms with Crippen molar-refractivity contribution in [2.45, 2.75) is 12.3 Å². The molecule has 24 heavy (non-hydrogen) atoms. The highest BCUT2D eigenvalue weighted by Crippen LogP contribution is 2.34. The average molecular weight is 370 g/mol. The monoisotopic (exact) mass is 370 g/mol. The fraction of sp³-hybridized carbons (Fsp3) is 0.267. The molecule has 1 aromatic carbocycles. The van der Waals surface area contributed by atoms with E-state index in [0.29, 0.717) is 29.5 Å². The summed E-state index contributed by atoms with van der Waals surface area (Å²) in [5.41, 5.74) is 7.63. The number of anilines is 1. The van der Waals surface area contributed by atoms with E-state index in [2.05, 4.69) is 10.3 Å². The molecule has 1 aliphatic rings. The van der Waals surface area contributed by atoms with Gasteiger partial charge in [-0.15, -0.1) is 0 Å². The highest BCUT2D eigenvalue weighted by molar-refractivity contribution is 7.96. The van der Waals surface area contributed by atoms with Gasteiger partial charge in [0.2, 0.25) is 0 Å². The van der Waals surface area contributed by atoms with Crippen molar-refractivity contribution >= 4 is 34.1 Å². The predicted octanol–water partition coefficient (Wildman–Crippen LogP) is 2.55. The summed E-state index contributed by atoms with van der Waals surface area (Å²) in [4.78, 5) is 5.29. The van der Waals surface area contributed by atoms with Gasteiger partial charge in [0.05, 0.1) is 23.7 Å². The maximum Gasteiger partial charge on any atom is 0.180 e. The summed E-state index contributed by atoms with van der Waals surface area (Å²) in [5, 5.41) is 12.6. The van der Waals surface area contributed by atoms with Crippen LogP contribution in [0.3, 0.4) is 0 Å². The molecule has 2 aromatic rings. The van der Waals surface area contributed by atoms with Crippen LogP contribution in [0.2, 0.25) is 0 Å². The molecule has 1 aromatic heterocycles. The van der Waals surface area contributed by atoms with Crippen LogP contribution >= 0.6 is 23.3 Å². The van der Waals surface area contributed by atoms with Crippen molar-refractivity contribution in [3.8, 4) is 0 Å². The Bertz CT molecular complexity index is 766. The van der Waals surface area contributed by atoms with Crippen molar-refractivity contribution < 1.29 is 13.9 Å². The lowest BCUT2D eigenvalue weighted by Gasteiger charge is -2.25. The number of nitrogen functional groups attached to an aromatic ring is 1. The highest BCUT2D eigenvalue weighted by atomic mass is 32.2. The van der Waals surface area contributed by atoms with Crippen molar-refractivity contribution in [1.82, 2.24) is 14.6 Å². The van der Waals surface area contributed by atoms with Crippen molar-refractivity contribution in [2.24, 2.45) is 0 Å². The van der Waals surface area contributed by atoms with Gasteiger partial charge in [0.15, 0.2) is 16.8 Å². The molecule has 0 unspecified atom stereocenters. The Labute approximate surface area is 146 Å². The van der Waals surface area contributed by atoms with Crippen LogP contribution in [0.15, 0.2) is 24.4 Å². The molecule has 0 spiro atoms. The van der Waals surface area contributed by atoms with E-state index in [0.717, 1.165) is 22.3 Å². The minimum Gasteiger partial charge on any atom is -0.395 e. The number of nitrogens with one attached hydrogen (secondary N) is 1. The molecule has 3 rings (SSSR count). The molecule has 0 aliphatic carbocycles. The Kier molecular flexibility index (Phi) is 5.22. The molecule has 128 valence electrons. The van der Waals surface area contributed by atoms with Crippen LogP contribution in [0.25, 0.3) is 5.70 Å². The molecule has 1 aliphatic heterocycles. The SMILES string of the molecule is Nc1nc2c(s1)CN(SCc1cccc(F)c1F)C=C2NCCO. The Morgan fingerprint density at radius 2 is 2.25 bits per heavy atom. The van der Waals surface area contributed by atoms with E-state index >= 15 is 0 Å². The molecule has 4 N–H and O–H groups in total. The molecular weight excluding hydrogens is 354 g/mol. The minimum absolute atomic E-state index is 0.00601. The number of aromatic nitrogens is 1. The van der Waals surface area contributed by atoms with Gasteiger partial charge >= 0.3 is 0 Å². The van der Waals surface area contributed by atoms with Crippen LogP contribution in [0.1, 0.15) is 16.1 Å². The zero-order chi connectivity index (χ0) is 17.1. The number of hydrogen-bond donors (Lipinski definition) is 3. The molecule has 9 heteroatoms. The van der Waals surface area contributed by atoms with Crippen LogP contribution < -0.4 is 11.1 Å². The topological polar surface area (TPSA) is 74.4 Å². The normalized spacial score (nSPS) is 13.6. The molecule has 0 amide bonds. The average Bonchev–Trinajstić information content (AvgIpc) is 2.94. The molecule has 0 bridgehead atoms. The molecule has 2 heterocycles. The van der Waals surface area contributed by atoms with Crippen molar-refractivity contribution in [3.63, 3.8) is 0 Å². The van der Waals surface area contributed by atoms with Crippen LogP contribution in [0, 0.1) is 11.6 Å². The summed E-state index contributed by atoms with van der Waals surface area (Å²) < 4.78 is 29.0. The summed E-state index contributed by atoms with van der Waals surface area (Å²) in [6.07, 6.45) is 1.85. The van der Waals surface area contributed by atoms with Crippen LogP contribution in [-0.2, 0) is 12.3 Å². The van der Waals surface area contributed by atoms with Gasteiger partial charge in [-0.05, 0) is 18.0 Å². The van der Waals surface area contributed by atoms with Gasteiger partial charge in [0.1, 0.15) is 5.69 Å². The molecule has 0 fully saturated rings. The van der Waals surface area contributed by atoms with Gasteiger partial charge in [-0.3, -0.25) is 0 Å². The van der Waals surface area contributed by atoms with E-state index in [-0.39, 0.29) is 6.61 Å². The van der Waals surface area contributed by atoms with Crippen molar-refractivity contribution in [3.05, 3.63) is 52.2 Å². The summed E-state index contributed by atoms with van der Waals surface area (Å²) >= 11 is 2.76. The highest BCUT2D eigenvalue weighted by Gasteiger charge is 2.22. The van der Waals surface area contributed by atoms with Gasteiger partial charge in [0.25, 0.3) is 0 Å². The maximum atomic E-state index is 13.8. The molecule has 0 saturated heterocycles. The fourth-order valence-corrected chi connectivity index (χ4v) is 4.15. The molecule has 5 nitrogen and oxygen atoms in total. The second-order valence-electron chi connectivity index (χ2n) is 5.08. The number of nitrogens with zero attached hydrogens (tertiary/aromatic N) is 2. The first kappa shape index (κ1) is 17.0. The van der Waals surface area contributed by atoms with Gasteiger partial charge < -0.3 is 20.5 Å². The lowest BCUT2D eigenvalue weighted by molar-refractivity contribution is 0.299. The Balaban J connectivity index is 1.75. The predicted molar refractivity (Wildman–Crippen MR) is 92.8 cm³/mol. The lowest BCUT2D eigenvalue weighted by atomic mass is 10.2. The number of fused-ring (bicyclic) bond motifs is 1. The molecular formula is C15H16F2N4OS2. The summed E-state index contributed by atoms with van der Waals surface area (Å²) in [5.74, 6) is -1.35. The smallest absolute Gasteiger partial charge is 0.180 e. The fourth-order valence-electron chi connectivity index (χ4n) is 2.30. The number of aliphatic hydroxyl groups is 1. The number of benzene rings is 1. The van der Waals surface area contributed by atoms with Crippen LogP contribution in [-0.4, -0.2) is 27.5 Å². The third kappa shape index (κ3) is 3.63. The largest absolute Gasteiger partial charge is 0.395 e. The maximum absolute atomic E-state index is 13.8. The van der Waals surface area contributed by atoms with E-state index in [4.69, 9.17) is 10.8 Å². The van der Waals surface area contributed by atoms with Crippen LogP contribution in [0.4, 0.5) is 13.9 Å². The van der Waals surface area contributed by atoms with Crippen molar-refractivity contribution in [1.29, 1.82) is 0 Å². The summed E-state index contributed by atoms with van der Waals surface area (Å²) in [6.45, 7) is 0.962. The van der Waals surface area contributed by atoms with Gasteiger partial charge in [-0.1, -0.05) is 23.5 Å². The molecule has 0 atom stereocenters. The van der Waals surface area contributed by atoms with E-state index in [1.165, 1.54) is 29.4 Å². The number of thiazole rings is 1. The van der Waals surface area contributed by atoms with E-state index in [1.807, 2.05) is 10.5 Å². The Morgan fingerprint density at radius 1 is 1.42 bits per heavy atom.